The third kappa shape index (κ3) is 4.26. The summed E-state index contributed by atoms with van der Waals surface area (Å²) < 4.78 is 6.93. The van der Waals surface area contributed by atoms with Crippen molar-refractivity contribution in [2.45, 2.75) is 58.8 Å². The fourth-order valence-corrected chi connectivity index (χ4v) is 3.92. The van der Waals surface area contributed by atoms with Crippen molar-refractivity contribution in [3.63, 3.8) is 0 Å². The molecule has 5 rings (SSSR count). The van der Waals surface area contributed by atoms with Crippen molar-refractivity contribution in [1.82, 2.24) is 35.2 Å². The summed E-state index contributed by atoms with van der Waals surface area (Å²) in [7, 11) is 0. The summed E-state index contributed by atoms with van der Waals surface area (Å²) in [6.07, 6.45) is 5.63. The first-order valence-electron chi connectivity index (χ1n) is 10.9. The highest BCUT2D eigenvalue weighted by molar-refractivity contribution is 5.86. The number of hydrogen-bond donors (Lipinski definition) is 3. The lowest BCUT2D eigenvalue weighted by Gasteiger charge is -2.26. The van der Waals surface area contributed by atoms with E-state index in [1.54, 1.807) is 13.1 Å². The molecule has 1 aliphatic rings. The molecule has 0 unspecified atom stereocenters. The van der Waals surface area contributed by atoms with Gasteiger partial charge in [-0.15, -0.1) is 0 Å². The van der Waals surface area contributed by atoms with Crippen LogP contribution in [0.25, 0.3) is 11.0 Å². The van der Waals surface area contributed by atoms with Gasteiger partial charge < -0.3 is 20.9 Å². The van der Waals surface area contributed by atoms with Crippen LogP contribution in [0.15, 0.2) is 28.9 Å². The number of anilines is 2. The molecule has 4 N–H and O–H groups in total. The van der Waals surface area contributed by atoms with Crippen LogP contribution in [0.3, 0.4) is 0 Å². The summed E-state index contributed by atoms with van der Waals surface area (Å²) >= 11 is 0. The lowest BCUT2D eigenvalue weighted by molar-refractivity contribution is 0.338. The van der Waals surface area contributed by atoms with Crippen LogP contribution in [0.4, 0.5) is 11.8 Å². The van der Waals surface area contributed by atoms with E-state index >= 15 is 0 Å². The lowest BCUT2D eigenvalue weighted by atomic mass is 9.93. The van der Waals surface area contributed by atoms with Gasteiger partial charge in [0.1, 0.15) is 11.0 Å². The van der Waals surface area contributed by atoms with Crippen LogP contribution in [-0.2, 0) is 19.6 Å². The third-order valence-electron chi connectivity index (χ3n) is 5.92. The molecule has 1 saturated carbocycles. The molecule has 0 spiro atoms. The summed E-state index contributed by atoms with van der Waals surface area (Å²) in [4.78, 5) is 12.9. The molecule has 0 amide bonds. The van der Waals surface area contributed by atoms with E-state index in [0.717, 1.165) is 12.1 Å². The van der Waals surface area contributed by atoms with Crippen LogP contribution in [-0.4, -0.2) is 35.9 Å². The number of aryl methyl sites for hydroxylation is 2. The van der Waals surface area contributed by atoms with Gasteiger partial charge in [0.25, 0.3) is 0 Å². The highest BCUT2D eigenvalue weighted by Crippen LogP contribution is 2.24. The highest BCUT2D eigenvalue weighted by Gasteiger charge is 2.17. The molecule has 1 aromatic carbocycles. The molecule has 0 radical (unpaired) electrons. The van der Waals surface area contributed by atoms with Crippen LogP contribution < -0.4 is 16.4 Å². The second-order valence-corrected chi connectivity index (χ2v) is 8.32. The van der Waals surface area contributed by atoms with Gasteiger partial charge in [-0.05, 0) is 36.5 Å². The van der Waals surface area contributed by atoms with Gasteiger partial charge in [0.2, 0.25) is 11.8 Å². The van der Waals surface area contributed by atoms with Crippen LogP contribution in [0, 0.1) is 13.8 Å². The maximum Gasteiger partial charge on any atom is 0.223 e. The van der Waals surface area contributed by atoms with Gasteiger partial charge in [0, 0.05) is 19.5 Å². The average Bonchev–Trinajstić information content (AvgIpc) is 3.33. The number of fused-ring (bicyclic) bond motifs is 1. The minimum atomic E-state index is 0.184. The van der Waals surface area contributed by atoms with Crippen LogP contribution >= 0.6 is 0 Å². The number of nitrogens with two attached hydrogens (primary N) is 1. The monoisotopic (exact) mass is 433 g/mol. The maximum atomic E-state index is 5.91. The highest BCUT2D eigenvalue weighted by atomic mass is 16.5. The molecule has 4 aromatic rings. The zero-order valence-corrected chi connectivity index (χ0v) is 18.3. The van der Waals surface area contributed by atoms with E-state index < -0.39 is 0 Å². The van der Waals surface area contributed by atoms with Crippen molar-refractivity contribution in [1.29, 1.82) is 0 Å². The van der Waals surface area contributed by atoms with E-state index in [9.17, 15) is 0 Å². The van der Waals surface area contributed by atoms with Crippen molar-refractivity contribution in [3.8, 4) is 0 Å². The number of hydrogen-bond acceptors (Lipinski definition) is 9. The lowest BCUT2D eigenvalue weighted by Crippen LogP contribution is -2.34. The average molecular weight is 434 g/mol. The third-order valence-corrected chi connectivity index (χ3v) is 5.92. The molecule has 0 bridgehead atoms. The second kappa shape index (κ2) is 8.54. The Morgan fingerprint density at radius 1 is 1.16 bits per heavy atom. The van der Waals surface area contributed by atoms with Gasteiger partial charge in [0.15, 0.2) is 11.6 Å². The Morgan fingerprint density at radius 3 is 2.75 bits per heavy atom. The molecule has 3 heterocycles. The van der Waals surface area contributed by atoms with Gasteiger partial charge in [0.05, 0.1) is 19.3 Å². The summed E-state index contributed by atoms with van der Waals surface area (Å²) in [5, 5.41) is 15.3. The summed E-state index contributed by atoms with van der Waals surface area (Å²) in [5.41, 5.74) is 11.1. The Bertz CT molecular complexity index is 1240. The predicted molar refractivity (Wildman–Crippen MR) is 121 cm³/mol. The van der Waals surface area contributed by atoms with Crippen molar-refractivity contribution in [2.24, 2.45) is 0 Å². The fraction of sp³-hybridized carbons (Fsp3) is 0.409. The van der Waals surface area contributed by atoms with Crippen LogP contribution in [0.1, 0.15) is 47.7 Å². The van der Waals surface area contributed by atoms with Crippen molar-refractivity contribution in [2.75, 3.05) is 11.1 Å². The van der Waals surface area contributed by atoms with E-state index in [2.05, 4.69) is 61.0 Å². The molecule has 166 valence electrons. The van der Waals surface area contributed by atoms with Crippen molar-refractivity contribution in [3.05, 3.63) is 52.8 Å². The van der Waals surface area contributed by atoms with Gasteiger partial charge in [-0.1, -0.05) is 29.8 Å². The smallest absolute Gasteiger partial charge is 0.223 e. The van der Waals surface area contributed by atoms with E-state index in [1.165, 1.54) is 36.0 Å². The Morgan fingerprint density at radius 2 is 2.03 bits per heavy atom. The van der Waals surface area contributed by atoms with Crippen LogP contribution in [0.2, 0.25) is 0 Å². The minimum Gasteiger partial charge on any atom is -0.368 e. The number of nitrogens with zero attached hydrogens (tertiary/aromatic N) is 6. The number of rotatable bonds is 8. The number of nitrogens with one attached hydrogen (secondary N) is 2. The molecule has 10 nitrogen and oxygen atoms in total. The topological polar surface area (TPSA) is 133 Å². The van der Waals surface area contributed by atoms with E-state index in [1.807, 2.05) is 4.68 Å². The molecular weight excluding hydrogens is 406 g/mol. The zero-order chi connectivity index (χ0) is 22.1. The first-order chi connectivity index (χ1) is 15.5. The molecule has 0 atom stereocenters. The number of aromatic nitrogens is 6. The number of benzene rings is 1. The molecule has 0 saturated heterocycles. The predicted octanol–water partition coefficient (Wildman–Crippen LogP) is 2.71. The molecule has 1 fully saturated rings. The Hall–Kier alpha value is -3.53. The summed E-state index contributed by atoms with van der Waals surface area (Å²) in [6, 6.07) is 7.29. The minimum absolute atomic E-state index is 0.184. The normalized spacial score (nSPS) is 14.1. The first kappa shape index (κ1) is 20.4. The van der Waals surface area contributed by atoms with Gasteiger partial charge in [-0.2, -0.15) is 15.1 Å². The molecular formula is C22H27N9O. The Kier molecular flexibility index (Phi) is 5.44. The molecule has 1 aliphatic carbocycles. The quantitative estimate of drug-likeness (QED) is 0.383. The van der Waals surface area contributed by atoms with Gasteiger partial charge in [-0.25, -0.2) is 4.98 Å². The maximum absolute atomic E-state index is 5.91. The second-order valence-electron chi connectivity index (χ2n) is 8.32. The van der Waals surface area contributed by atoms with Gasteiger partial charge >= 0.3 is 0 Å². The Balaban J connectivity index is 1.36. The summed E-state index contributed by atoms with van der Waals surface area (Å²) in [6.45, 7) is 5.77. The van der Waals surface area contributed by atoms with Crippen molar-refractivity contribution >= 4 is 22.8 Å². The van der Waals surface area contributed by atoms with E-state index in [4.69, 9.17) is 10.3 Å². The number of nitrogen functional groups attached to an aromatic ring is 1. The van der Waals surface area contributed by atoms with E-state index in [-0.39, 0.29) is 5.95 Å². The largest absolute Gasteiger partial charge is 0.368 e. The summed E-state index contributed by atoms with van der Waals surface area (Å²) in [5.74, 6) is 1.83. The Labute approximate surface area is 185 Å². The molecule has 32 heavy (non-hydrogen) atoms. The standard InChI is InChI=1S/C22H27N9O/c1-13-8-15(9-24-17-4-3-5-17)6-7-16(13)12-31-20-18(10-26-31)28-22(23)29-21(20)25-11-19-27-14(2)32-30-19/h6-8,10,17,24H,3-5,9,11-12H2,1-2H3,(H3,23,25,28,29). The first-order valence-corrected chi connectivity index (χ1v) is 10.9. The molecule has 10 heteroatoms. The van der Waals surface area contributed by atoms with Crippen LogP contribution in [0.5, 0.6) is 0 Å². The SMILES string of the molecule is Cc1nc(CNc2nc(N)nc3cnn(Cc4ccc(CNC5CCC5)cc4C)c23)no1. The van der Waals surface area contributed by atoms with Crippen molar-refractivity contribution < 1.29 is 4.52 Å². The molecule has 3 aromatic heterocycles. The van der Waals surface area contributed by atoms with Gasteiger partial charge in [-0.3, -0.25) is 4.68 Å². The van der Waals surface area contributed by atoms with E-state index in [0.29, 0.717) is 42.2 Å². The molecule has 0 aliphatic heterocycles. The fourth-order valence-electron chi connectivity index (χ4n) is 3.92. The zero-order valence-electron chi connectivity index (χ0n) is 18.3.